The SMILES string of the molecule is CCOc1ccc(NC(=O)c2ccccc2NC(=S)NC(=O)/C=C/c2ccco2)cc1. The van der Waals surface area contributed by atoms with Crippen molar-refractivity contribution in [1.29, 1.82) is 0 Å². The van der Waals surface area contributed by atoms with E-state index in [0.717, 1.165) is 5.75 Å². The fourth-order valence-corrected chi connectivity index (χ4v) is 2.85. The second-order valence-electron chi connectivity index (χ2n) is 6.25. The number of carbonyl (C=O) groups excluding carboxylic acids is 2. The maximum Gasteiger partial charge on any atom is 0.257 e. The Balaban J connectivity index is 1.61. The highest BCUT2D eigenvalue weighted by Crippen LogP contribution is 2.19. The summed E-state index contributed by atoms with van der Waals surface area (Å²) < 4.78 is 10.5. The Kier molecular flexibility index (Phi) is 7.56. The van der Waals surface area contributed by atoms with Crippen LogP contribution >= 0.6 is 12.2 Å². The van der Waals surface area contributed by atoms with Crippen LogP contribution in [-0.4, -0.2) is 23.5 Å². The van der Waals surface area contributed by atoms with Crippen LogP contribution in [-0.2, 0) is 4.79 Å². The van der Waals surface area contributed by atoms with Gasteiger partial charge in [0, 0.05) is 11.8 Å². The lowest BCUT2D eigenvalue weighted by Crippen LogP contribution is -2.33. The van der Waals surface area contributed by atoms with Crippen molar-refractivity contribution >= 4 is 46.6 Å². The lowest BCUT2D eigenvalue weighted by molar-refractivity contribution is -0.115. The highest BCUT2D eigenvalue weighted by Gasteiger charge is 2.13. The largest absolute Gasteiger partial charge is 0.494 e. The number of carbonyl (C=O) groups is 2. The molecule has 8 heteroatoms. The van der Waals surface area contributed by atoms with Crippen LogP contribution < -0.4 is 20.7 Å². The van der Waals surface area contributed by atoms with Crippen molar-refractivity contribution in [2.45, 2.75) is 6.92 Å². The van der Waals surface area contributed by atoms with Crippen LogP contribution in [0.4, 0.5) is 11.4 Å². The van der Waals surface area contributed by atoms with Crippen LogP contribution in [0.2, 0.25) is 0 Å². The fraction of sp³-hybridized carbons (Fsp3) is 0.0870. The number of thiocarbonyl (C=S) groups is 1. The second-order valence-corrected chi connectivity index (χ2v) is 6.66. The molecule has 0 aliphatic heterocycles. The molecule has 31 heavy (non-hydrogen) atoms. The minimum absolute atomic E-state index is 0.0652. The van der Waals surface area contributed by atoms with E-state index >= 15 is 0 Å². The third-order valence-electron chi connectivity index (χ3n) is 4.02. The molecule has 2 aromatic carbocycles. The van der Waals surface area contributed by atoms with Gasteiger partial charge in [0.1, 0.15) is 11.5 Å². The summed E-state index contributed by atoms with van der Waals surface area (Å²) in [5.41, 5.74) is 1.47. The van der Waals surface area contributed by atoms with Gasteiger partial charge in [0.05, 0.1) is 24.1 Å². The van der Waals surface area contributed by atoms with E-state index in [0.29, 0.717) is 29.3 Å². The molecule has 0 fully saturated rings. The Morgan fingerprint density at radius 3 is 2.52 bits per heavy atom. The third-order valence-corrected chi connectivity index (χ3v) is 4.23. The first-order valence-corrected chi connectivity index (χ1v) is 9.93. The zero-order valence-electron chi connectivity index (χ0n) is 16.8. The molecule has 0 bridgehead atoms. The summed E-state index contributed by atoms with van der Waals surface area (Å²) in [5.74, 6) is 0.527. The number of nitrogens with one attached hydrogen (secondary N) is 3. The van der Waals surface area contributed by atoms with Gasteiger partial charge in [0.25, 0.3) is 5.91 Å². The molecule has 0 aliphatic rings. The number of hydrogen-bond donors (Lipinski definition) is 3. The Bertz CT molecular complexity index is 1080. The number of hydrogen-bond acceptors (Lipinski definition) is 5. The van der Waals surface area contributed by atoms with Gasteiger partial charge < -0.3 is 19.8 Å². The Morgan fingerprint density at radius 1 is 1.03 bits per heavy atom. The van der Waals surface area contributed by atoms with Crippen molar-refractivity contribution in [2.24, 2.45) is 0 Å². The van der Waals surface area contributed by atoms with E-state index in [2.05, 4.69) is 16.0 Å². The second kappa shape index (κ2) is 10.7. The number of amides is 2. The average Bonchev–Trinajstić information content (AvgIpc) is 3.28. The van der Waals surface area contributed by atoms with Crippen molar-refractivity contribution < 1.29 is 18.7 Å². The van der Waals surface area contributed by atoms with Crippen molar-refractivity contribution in [2.75, 3.05) is 17.2 Å². The fourth-order valence-electron chi connectivity index (χ4n) is 2.64. The van der Waals surface area contributed by atoms with E-state index in [1.165, 1.54) is 18.4 Å². The molecule has 3 N–H and O–H groups in total. The molecule has 0 spiro atoms. The third kappa shape index (κ3) is 6.55. The molecule has 0 radical (unpaired) electrons. The standard InChI is InChI=1S/C23H21N3O4S/c1-2-29-18-11-9-16(10-12-18)24-22(28)19-7-3-4-8-20(19)25-23(31)26-21(27)14-13-17-6-5-15-30-17/h3-15H,2H2,1H3,(H,24,28)(H2,25,26,27,31)/b14-13+. The summed E-state index contributed by atoms with van der Waals surface area (Å²) in [4.78, 5) is 24.8. The van der Waals surface area contributed by atoms with E-state index in [-0.39, 0.29) is 11.0 Å². The maximum absolute atomic E-state index is 12.7. The number of rotatable bonds is 7. The summed E-state index contributed by atoms with van der Waals surface area (Å²) in [6.45, 7) is 2.47. The van der Waals surface area contributed by atoms with Crippen LogP contribution in [0.25, 0.3) is 6.08 Å². The summed E-state index contributed by atoms with van der Waals surface area (Å²) in [7, 11) is 0. The van der Waals surface area contributed by atoms with Crippen LogP contribution in [0.1, 0.15) is 23.0 Å². The minimum atomic E-state index is -0.426. The van der Waals surface area contributed by atoms with Gasteiger partial charge in [0.2, 0.25) is 5.91 Å². The van der Waals surface area contributed by atoms with E-state index in [4.69, 9.17) is 21.4 Å². The Morgan fingerprint density at radius 2 is 1.81 bits per heavy atom. The number of anilines is 2. The molecule has 0 saturated carbocycles. The van der Waals surface area contributed by atoms with Gasteiger partial charge in [-0.2, -0.15) is 0 Å². The number of benzene rings is 2. The molecule has 158 valence electrons. The average molecular weight is 436 g/mol. The first kappa shape index (κ1) is 21.8. The van der Waals surface area contributed by atoms with Crippen molar-refractivity contribution in [3.63, 3.8) is 0 Å². The predicted octanol–water partition coefficient (Wildman–Crippen LogP) is 4.46. The predicted molar refractivity (Wildman–Crippen MR) is 124 cm³/mol. The monoisotopic (exact) mass is 435 g/mol. The highest BCUT2D eigenvalue weighted by atomic mass is 32.1. The van der Waals surface area contributed by atoms with E-state index in [1.807, 2.05) is 6.92 Å². The van der Waals surface area contributed by atoms with Crippen molar-refractivity contribution in [3.05, 3.63) is 84.3 Å². The highest BCUT2D eigenvalue weighted by molar-refractivity contribution is 7.80. The summed E-state index contributed by atoms with van der Waals surface area (Å²) >= 11 is 5.20. The van der Waals surface area contributed by atoms with Crippen molar-refractivity contribution in [1.82, 2.24) is 5.32 Å². The normalized spacial score (nSPS) is 10.5. The Hall–Kier alpha value is -3.91. The lowest BCUT2D eigenvalue weighted by Gasteiger charge is -2.13. The van der Waals surface area contributed by atoms with Gasteiger partial charge >= 0.3 is 0 Å². The molecular formula is C23H21N3O4S. The van der Waals surface area contributed by atoms with Gasteiger partial charge in [-0.25, -0.2) is 0 Å². The molecule has 0 saturated heterocycles. The molecule has 0 aliphatic carbocycles. The quantitative estimate of drug-likeness (QED) is 0.375. The first-order valence-electron chi connectivity index (χ1n) is 9.52. The van der Waals surface area contributed by atoms with Gasteiger partial charge in [-0.1, -0.05) is 12.1 Å². The molecular weight excluding hydrogens is 414 g/mol. The summed E-state index contributed by atoms with van der Waals surface area (Å²) in [6.07, 6.45) is 4.34. The molecule has 7 nitrogen and oxygen atoms in total. The van der Waals surface area contributed by atoms with Crippen molar-refractivity contribution in [3.8, 4) is 5.75 Å². The molecule has 3 aromatic rings. The van der Waals surface area contributed by atoms with Gasteiger partial charge in [-0.3, -0.25) is 14.9 Å². The van der Waals surface area contributed by atoms with Crippen LogP contribution in [0.3, 0.4) is 0 Å². The molecule has 1 heterocycles. The van der Waals surface area contributed by atoms with Gasteiger partial charge in [-0.05, 0) is 73.7 Å². The number of para-hydroxylation sites is 1. The van der Waals surface area contributed by atoms with E-state index in [9.17, 15) is 9.59 Å². The van der Waals surface area contributed by atoms with E-state index in [1.54, 1.807) is 60.7 Å². The van der Waals surface area contributed by atoms with Gasteiger partial charge in [0.15, 0.2) is 5.11 Å². The van der Waals surface area contributed by atoms with E-state index < -0.39 is 5.91 Å². The molecule has 2 amide bonds. The van der Waals surface area contributed by atoms with Gasteiger partial charge in [-0.15, -0.1) is 0 Å². The van der Waals surface area contributed by atoms with Crippen LogP contribution in [0.5, 0.6) is 5.75 Å². The maximum atomic E-state index is 12.7. The summed E-state index contributed by atoms with van der Waals surface area (Å²) in [5, 5.41) is 8.32. The number of furan rings is 1. The molecule has 1 aromatic heterocycles. The minimum Gasteiger partial charge on any atom is -0.494 e. The van der Waals surface area contributed by atoms with Crippen LogP contribution in [0, 0.1) is 0 Å². The van der Waals surface area contributed by atoms with Crippen LogP contribution in [0.15, 0.2) is 77.4 Å². The number of ether oxygens (including phenoxy) is 1. The zero-order chi connectivity index (χ0) is 22.1. The smallest absolute Gasteiger partial charge is 0.257 e. The Labute approximate surface area is 185 Å². The molecule has 0 unspecified atom stereocenters. The molecule has 0 atom stereocenters. The lowest BCUT2D eigenvalue weighted by atomic mass is 10.1. The first-order chi connectivity index (χ1) is 15.0. The molecule has 3 rings (SSSR count). The summed E-state index contributed by atoms with van der Waals surface area (Å²) in [6, 6.07) is 17.4. The topological polar surface area (TPSA) is 92.6 Å². The zero-order valence-corrected chi connectivity index (χ0v) is 17.6.